The van der Waals surface area contributed by atoms with Crippen LogP contribution in [0.2, 0.25) is 0 Å². The summed E-state index contributed by atoms with van der Waals surface area (Å²) in [6, 6.07) is -0.698. The van der Waals surface area contributed by atoms with Gasteiger partial charge in [-0.3, -0.25) is 4.79 Å². The van der Waals surface area contributed by atoms with E-state index in [4.69, 9.17) is 5.11 Å². The molecule has 0 aromatic rings. The number of hydrogen-bond acceptors (Lipinski definition) is 4. The first-order valence-corrected chi connectivity index (χ1v) is 9.38. The van der Waals surface area contributed by atoms with E-state index in [1.54, 1.807) is 0 Å². The smallest absolute Gasteiger partial charge is 0.317 e. The van der Waals surface area contributed by atoms with Crippen LogP contribution in [0.3, 0.4) is 0 Å². The minimum atomic E-state index is -3.52. The van der Waals surface area contributed by atoms with Crippen molar-refractivity contribution in [1.29, 1.82) is 0 Å². The molecule has 2 unspecified atom stereocenters. The van der Waals surface area contributed by atoms with E-state index in [0.29, 0.717) is 13.0 Å². The molecule has 0 bridgehead atoms. The van der Waals surface area contributed by atoms with Crippen LogP contribution in [0, 0.1) is 5.92 Å². The minimum absolute atomic E-state index is 0.0888. The maximum absolute atomic E-state index is 12.4. The summed E-state index contributed by atoms with van der Waals surface area (Å²) in [5, 5.41) is 11.6. The summed E-state index contributed by atoms with van der Waals surface area (Å²) in [5.41, 5.74) is 0. The number of nitrogens with zero attached hydrogens (tertiary/aromatic N) is 3. The van der Waals surface area contributed by atoms with Crippen LogP contribution < -0.4 is 5.32 Å². The number of rotatable bonds is 7. The van der Waals surface area contributed by atoms with E-state index in [0.717, 1.165) is 12.8 Å². The van der Waals surface area contributed by atoms with Gasteiger partial charge < -0.3 is 15.3 Å². The summed E-state index contributed by atoms with van der Waals surface area (Å²) in [7, 11) is 0.968. The Balaban J connectivity index is 2.63. The summed E-state index contributed by atoms with van der Waals surface area (Å²) < 4.78 is 27.3. The largest absolute Gasteiger partial charge is 0.481 e. The molecule has 24 heavy (non-hydrogen) atoms. The molecule has 9 nitrogen and oxygen atoms in total. The van der Waals surface area contributed by atoms with Gasteiger partial charge in [-0.25, -0.2) is 4.79 Å². The summed E-state index contributed by atoms with van der Waals surface area (Å²) in [5.74, 6) is -1.63. The molecule has 2 amide bonds. The number of carbonyl (C=O) groups excluding carboxylic acids is 1. The molecule has 0 aromatic heterocycles. The van der Waals surface area contributed by atoms with Crippen molar-refractivity contribution in [2.45, 2.75) is 32.2 Å². The van der Waals surface area contributed by atoms with Crippen molar-refractivity contribution in [2.24, 2.45) is 5.92 Å². The van der Waals surface area contributed by atoms with Crippen molar-refractivity contribution in [3.05, 3.63) is 0 Å². The van der Waals surface area contributed by atoms with Gasteiger partial charge in [0.1, 0.15) is 0 Å². The Morgan fingerprint density at radius 1 is 1.29 bits per heavy atom. The molecule has 2 atom stereocenters. The molecule has 2 N–H and O–H groups in total. The van der Waals surface area contributed by atoms with Crippen LogP contribution in [0.1, 0.15) is 26.2 Å². The molecule has 0 spiro atoms. The van der Waals surface area contributed by atoms with Gasteiger partial charge in [-0.1, -0.05) is 13.3 Å². The van der Waals surface area contributed by atoms with Gasteiger partial charge in [-0.15, -0.1) is 0 Å². The van der Waals surface area contributed by atoms with Gasteiger partial charge in [0.15, 0.2) is 0 Å². The van der Waals surface area contributed by atoms with E-state index in [2.05, 4.69) is 5.32 Å². The third-order valence-corrected chi connectivity index (χ3v) is 6.13. The van der Waals surface area contributed by atoms with Gasteiger partial charge in [-0.2, -0.15) is 17.0 Å². The fourth-order valence-corrected chi connectivity index (χ4v) is 3.94. The van der Waals surface area contributed by atoms with Crippen LogP contribution in [0.5, 0.6) is 0 Å². The average Bonchev–Trinajstić information content (AvgIpc) is 2.52. The molecule has 0 aromatic carbocycles. The number of amides is 2. The Morgan fingerprint density at radius 2 is 1.92 bits per heavy atom. The monoisotopic (exact) mass is 364 g/mol. The summed E-state index contributed by atoms with van der Waals surface area (Å²) in [6.07, 6.45) is 2.39. The molecule has 0 radical (unpaired) electrons. The van der Waals surface area contributed by atoms with Crippen LogP contribution in [-0.4, -0.2) is 85.9 Å². The second kappa shape index (κ2) is 8.63. The molecule has 10 heteroatoms. The fourth-order valence-electron chi connectivity index (χ4n) is 2.60. The molecule has 1 rings (SSSR count). The minimum Gasteiger partial charge on any atom is -0.481 e. The number of urea groups is 1. The van der Waals surface area contributed by atoms with Crippen molar-refractivity contribution >= 4 is 22.2 Å². The first kappa shape index (κ1) is 20.7. The summed E-state index contributed by atoms with van der Waals surface area (Å²) >= 11 is 0. The number of carboxylic acids is 1. The highest BCUT2D eigenvalue weighted by atomic mass is 32.2. The van der Waals surface area contributed by atoms with Crippen molar-refractivity contribution in [3.8, 4) is 0 Å². The number of piperidine rings is 1. The second-order valence-electron chi connectivity index (χ2n) is 6.36. The lowest BCUT2D eigenvalue weighted by Gasteiger charge is -2.36. The number of hydrogen-bond donors (Lipinski definition) is 2. The second-order valence-corrected chi connectivity index (χ2v) is 8.45. The zero-order valence-electron chi connectivity index (χ0n) is 14.7. The number of carbonyl (C=O) groups is 2. The fraction of sp³-hybridized carbons (Fsp3) is 0.857. The van der Waals surface area contributed by atoms with Gasteiger partial charge >= 0.3 is 12.0 Å². The molecule has 140 valence electrons. The van der Waals surface area contributed by atoms with Gasteiger partial charge in [0.25, 0.3) is 10.2 Å². The Kier molecular flexibility index (Phi) is 7.43. The Labute approximate surface area is 143 Å². The molecule has 1 fully saturated rings. The van der Waals surface area contributed by atoms with E-state index < -0.39 is 28.1 Å². The zero-order chi connectivity index (χ0) is 18.5. The molecule has 1 saturated heterocycles. The highest BCUT2D eigenvalue weighted by Gasteiger charge is 2.34. The summed E-state index contributed by atoms with van der Waals surface area (Å²) in [6.45, 7) is 2.26. The Morgan fingerprint density at radius 3 is 2.46 bits per heavy atom. The number of carboxylic acid groups (broad SMARTS) is 1. The third kappa shape index (κ3) is 5.32. The standard InChI is InChI=1S/C14H28N4O5S/c1-11(13(19)20)10-17(4)14(21)15-9-12-7-5-6-8-18(12)24(22,23)16(2)3/h11-12H,5-10H2,1-4H3,(H,15,21)(H,19,20). The van der Waals surface area contributed by atoms with Crippen molar-refractivity contribution in [2.75, 3.05) is 40.8 Å². The lowest BCUT2D eigenvalue weighted by Crippen LogP contribution is -2.53. The third-order valence-electron chi connectivity index (χ3n) is 4.14. The van der Waals surface area contributed by atoms with Crippen molar-refractivity contribution < 1.29 is 23.1 Å². The van der Waals surface area contributed by atoms with Gasteiger partial charge in [0.05, 0.1) is 5.92 Å². The molecular weight excluding hydrogens is 336 g/mol. The molecule has 1 aliphatic rings. The molecular formula is C14H28N4O5S. The Bertz CT molecular complexity index is 551. The van der Waals surface area contributed by atoms with Crippen LogP contribution in [0.25, 0.3) is 0 Å². The molecule has 0 aliphatic carbocycles. The van der Waals surface area contributed by atoms with E-state index in [1.807, 2.05) is 0 Å². The van der Waals surface area contributed by atoms with E-state index in [1.165, 1.54) is 41.6 Å². The zero-order valence-corrected chi connectivity index (χ0v) is 15.5. The maximum Gasteiger partial charge on any atom is 0.317 e. The lowest BCUT2D eigenvalue weighted by atomic mass is 10.1. The van der Waals surface area contributed by atoms with Crippen LogP contribution in [-0.2, 0) is 15.0 Å². The van der Waals surface area contributed by atoms with Crippen LogP contribution in [0.4, 0.5) is 4.79 Å². The first-order chi connectivity index (χ1) is 11.1. The number of nitrogens with one attached hydrogen (secondary N) is 1. The Hall–Kier alpha value is -1.39. The lowest BCUT2D eigenvalue weighted by molar-refractivity contribution is -0.141. The molecule has 1 heterocycles. The highest BCUT2D eigenvalue weighted by molar-refractivity contribution is 7.86. The molecule has 1 aliphatic heterocycles. The van der Waals surface area contributed by atoms with E-state index in [-0.39, 0.29) is 19.1 Å². The maximum atomic E-state index is 12.4. The normalized spacial score (nSPS) is 20.6. The number of aliphatic carboxylic acids is 1. The van der Waals surface area contributed by atoms with E-state index in [9.17, 15) is 18.0 Å². The predicted molar refractivity (Wildman–Crippen MR) is 89.8 cm³/mol. The van der Waals surface area contributed by atoms with Crippen molar-refractivity contribution in [1.82, 2.24) is 18.8 Å². The van der Waals surface area contributed by atoms with Crippen molar-refractivity contribution in [3.63, 3.8) is 0 Å². The van der Waals surface area contributed by atoms with Crippen LogP contribution >= 0.6 is 0 Å². The van der Waals surface area contributed by atoms with Crippen LogP contribution in [0.15, 0.2) is 0 Å². The average molecular weight is 364 g/mol. The van der Waals surface area contributed by atoms with E-state index >= 15 is 0 Å². The molecule has 0 saturated carbocycles. The SMILES string of the molecule is CC(CN(C)C(=O)NCC1CCCCN1S(=O)(=O)N(C)C)C(=O)O. The first-order valence-electron chi connectivity index (χ1n) is 7.98. The topological polar surface area (TPSA) is 110 Å². The quantitative estimate of drug-likeness (QED) is 0.661. The van der Waals surface area contributed by atoms with Gasteiger partial charge in [0, 0.05) is 46.8 Å². The predicted octanol–water partition coefficient (Wildman–Crippen LogP) is 0.00940. The van der Waals surface area contributed by atoms with Gasteiger partial charge in [-0.05, 0) is 12.8 Å². The highest BCUT2D eigenvalue weighted by Crippen LogP contribution is 2.21. The summed E-state index contributed by atoms with van der Waals surface area (Å²) in [4.78, 5) is 24.2. The van der Waals surface area contributed by atoms with Gasteiger partial charge in [0.2, 0.25) is 0 Å².